The highest BCUT2D eigenvalue weighted by Crippen LogP contribution is 2.11. The number of nitrogens with one attached hydrogen (secondary N) is 1. The molecule has 0 aliphatic carbocycles. The molecular weight excluding hydrogens is 186 g/mol. The predicted octanol–water partition coefficient (Wildman–Crippen LogP) is 2.79. The zero-order valence-electron chi connectivity index (χ0n) is 9.13. The number of aryl methyl sites for hydroxylation is 1. The van der Waals surface area contributed by atoms with Crippen molar-refractivity contribution in [2.75, 3.05) is 0 Å². The molecule has 2 heteroatoms. The first kappa shape index (κ1) is 9.97. The summed E-state index contributed by atoms with van der Waals surface area (Å²) in [6.45, 7) is 4.02. The first-order valence-electron chi connectivity index (χ1n) is 5.34. The van der Waals surface area contributed by atoms with E-state index in [0.717, 1.165) is 35.0 Å². The standard InChI is InChI=1S/C13H15NO/c1-3-6-11-9(2)13(15)10-7-4-5-8-12(10)14-11/h4-5,7-8H,3,6H2,1-2H3,(H,14,15). The van der Waals surface area contributed by atoms with E-state index in [1.54, 1.807) is 0 Å². The minimum atomic E-state index is 0.160. The molecule has 0 spiro atoms. The summed E-state index contributed by atoms with van der Waals surface area (Å²) in [6, 6.07) is 7.67. The minimum Gasteiger partial charge on any atom is -0.358 e. The van der Waals surface area contributed by atoms with Crippen molar-refractivity contribution >= 4 is 10.9 Å². The molecule has 2 rings (SSSR count). The van der Waals surface area contributed by atoms with Gasteiger partial charge in [-0.1, -0.05) is 25.5 Å². The molecule has 0 bridgehead atoms. The van der Waals surface area contributed by atoms with Crippen molar-refractivity contribution in [3.8, 4) is 0 Å². The van der Waals surface area contributed by atoms with Crippen molar-refractivity contribution in [1.82, 2.24) is 4.98 Å². The van der Waals surface area contributed by atoms with Crippen molar-refractivity contribution in [3.63, 3.8) is 0 Å². The van der Waals surface area contributed by atoms with Crippen molar-refractivity contribution in [3.05, 3.63) is 45.7 Å². The largest absolute Gasteiger partial charge is 0.358 e. The molecule has 1 heterocycles. The van der Waals surface area contributed by atoms with E-state index in [-0.39, 0.29) is 5.43 Å². The molecule has 0 aliphatic rings. The molecule has 0 saturated heterocycles. The Kier molecular flexibility index (Phi) is 2.58. The van der Waals surface area contributed by atoms with Crippen molar-refractivity contribution in [2.24, 2.45) is 0 Å². The second-order valence-electron chi connectivity index (χ2n) is 3.85. The molecule has 0 atom stereocenters. The summed E-state index contributed by atoms with van der Waals surface area (Å²) in [5.41, 5.74) is 3.03. The lowest BCUT2D eigenvalue weighted by Gasteiger charge is -2.06. The average molecular weight is 201 g/mol. The number of fused-ring (bicyclic) bond motifs is 1. The van der Waals surface area contributed by atoms with E-state index in [4.69, 9.17) is 0 Å². The van der Waals surface area contributed by atoms with Gasteiger partial charge in [0.15, 0.2) is 5.43 Å². The van der Waals surface area contributed by atoms with Gasteiger partial charge in [-0.15, -0.1) is 0 Å². The molecule has 0 unspecified atom stereocenters. The van der Waals surface area contributed by atoms with Gasteiger partial charge in [0.2, 0.25) is 0 Å². The molecule has 0 amide bonds. The number of hydrogen-bond donors (Lipinski definition) is 1. The lowest BCUT2D eigenvalue weighted by atomic mass is 10.1. The number of hydrogen-bond acceptors (Lipinski definition) is 1. The zero-order valence-corrected chi connectivity index (χ0v) is 9.13. The van der Waals surface area contributed by atoms with Crippen LogP contribution < -0.4 is 5.43 Å². The Morgan fingerprint density at radius 3 is 2.73 bits per heavy atom. The first-order chi connectivity index (χ1) is 7.24. The van der Waals surface area contributed by atoms with Gasteiger partial charge in [0.25, 0.3) is 0 Å². The third-order valence-electron chi connectivity index (χ3n) is 2.75. The molecule has 78 valence electrons. The van der Waals surface area contributed by atoms with E-state index in [2.05, 4.69) is 11.9 Å². The van der Waals surface area contributed by atoms with E-state index < -0.39 is 0 Å². The fourth-order valence-corrected chi connectivity index (χ4v) is 1.89. The Bertz CT molecular complexity index is 540. The Morgan fingerprint density at radius 2 is 2.00 bits per heavy atom. The van der Waals surface area contributed by atoms with Gasteiger partial charge in [-0.25, -0.2) is 0 Å². The summed E-state index contributed by atoms with van der Waals surface area (Å²) in [4.78, 5) is 15.3. The summed E-state index contributed by atoms with van der Waals surface area (Å²) in [5.74, 6) is 0. The van der Waals surface area contributed by atoms with Crippen LogP contribution in [0.3, 0.4) is 0 Å². The van der Waals surface area contributed by atoms with Gasteiger partial charge >= 0.3 is 0 Å². The molecule has 0 fully saturated rings. The van der Waals surface area contributed by atoms with Gasteiger partial charge in [0.05, 0.1) is 0 Å². The lowest BCUT2D eigenvalue weighted by molar-refractivity contribution is 0.876. The van der Waals surface area contributed by atoms with Crippen LogP contribution in [-0.4, -0.2) is 4.98 Å². The number of H-pyrrole nitrogens is 1. The average Bonchev–Trinajstić information content (AvgIpc) is 2.26. The topological polar surface area (TPSA) is 32.9 Å². The maximum Gasteiger partial charge on any atom is 0.192 e. The molecule has 0 saturated carbocycles. The summed E-state index contributed by atoms with van der Waals surface area (Å²) >= 11 is 0. The predicted molar refractivity (Wildman–Crippen MR) is 63.3 cm³/mol. The molecule has 1 N–H and O–H groups in total. The van der Waals surface area contributed by atoms with Crippen molar-refractivity contribution in [1.29, 1.82) is 0 Å². The summed E-state index contributed by atoms with van der Waals surface area (Å²) in [7, 11) is 0. The van der Waals surface area contributed by atoms with E-state index in [1.165, 1.54) is 0 Å². The Balaban J connectivity index is 2.77. The number of benzene rings is 1. The van der Waals surface area contributed by atoms with Crippen LogP contribution in [0, 0.1) is 6.92 Å². The highest BCUT2D eigenvalue weighted by molar-refractivity contribution is 5.79. The van der Waals surface area contributed by atoms with Gasteiger partial charge in [-0.2, -0.15) is 0 Å². The number of pyridine rings is 1. The summed E-state index contributed by atoms with van der Waals surface area (Å²) in [5, 5.41) is 0.787. The molecule has 2 nitrogen and oxygen atoms in total. The van der Waals surface area contributed by atoms with Crippen LogP contribution in [-0.2, 0) is 6.42 Å². The van der Waals surface area contributed by atoms with E-state index in [0.29, 0.717) is 0 Å². The third-order valence-corrected chi connectivity index (χ3v) is 2.75. The van der Waals surface area contributed by atoms with E-state index >= 15 is 0 Å². The smallest absolute Gasteiger partial charge is 0.192 e. The third kappa shape index (κ3) is 1.67. The molecule has 0 aliphatic heterocycles. The SMILES string of the molecule is CCCc1[nH]c2ccccc2c(=O)c1C. The van der Waals surface area contributed by atoms with Crippen LogP contribution in [0.5, 0.6) is 0 Å². The summed E-state index contributed by atoms with van der Waals surface area (Å²) < 4.78 is 0. The Hall–Kier alpha value is -1.57. The van der Waals surface area contributed by atoms with E-state index in [9.17, 15) is 4.79 Å². The quantitative estimate of drug-likeness (QED) is 0.796. The zero-order chi connectivity index (χ0) is 10.8. The second kappa shape index (κ2) is 3.89. The Labute approximate surface area is 89.0 Å². The molecular formula is C13H15NO. The highest BCUT2D eigenvalue weighted by Gasteiger charge is 2.06. The van der Waals surface area contributed by atoms with Gasteiger partial charge in [-0.05, 0) is 25.5 Å². The van der Waals surface area contributed by atoms with Crippen LogP contribution >= 0.6 is 0 Å². The van der Waals surface area contributed by atoms with Crippen LogP contribution in [0.4, 0.5) is 0 Å². The van der Waals surface area contributed by atoms with Crippen LogP contribution in [0.2, 0.25) is 0 Å². The molecule has 0 radical (unpaired) electrons. The minimum absolute atomic E-state index is 0.160. The highest BCUT2D eigenvalue weighted by atomic mass is 16.1. The van der Waals surface area contributed by atoms with Crippen molar-refractivity contribution in [2.45, 2.75) is 26.7 Å². The summed E-state index contributed by atoms with van der Waals surface area (Å²) in [6.07, 6.45) is 1.99. The fraction of sp³-hybridized carbons (Fsp3) is 0.308. The molecule has 1 aromatic carbocycles. The Morgan fingerprint density at radius 1 is 1.27 bits per heavy atom. The number of rotatable bonds is 2. The second-order valence-corrected chi connectivity index (χ2v) is 3.85. The number of aromatic amines is 1. The van der Waals surface area contributed by atoms with Crippen LogP contribution in [0.25, 0.3) is 10.9 Å². The molecule has 15 heavy (non-hydrogen) atoms. The maximum absolute atomic E-state index is 12.0. The maximum atomic E-state index is 12.0. The van der Waals surface area contributed by atoms with Crippen LogP contribution in [0.1, 0.15) is 24.6 Å². The first-order valence-corrected chi connectivity index (χ1v) is 5.34. The molecule has 1 aromatic heterocycles. The monoisotopic (exact) mass is 201 g/mol. The fourth-order valence-electron chi connectivity index (χ4n) is 1.89. The van der Waals surface area contributed by atoms with E-state index in [1.807, 2.05) is 31.2 Å². The number of aromatic nitrogens is 1. The van der Waals surface area contributed by atoms with Gasteiger partial charge < -0.3 is 4.98 Å². The van der Waals surface area contributed by atoms with Gasteiger partial charge in [0, 0.05) is 22.2 Å². The molecule has 2 aromatic rings. The normalized spacial score (nSPS) is 10.8. The van der Waals surface area contributed by atoms with Gasteiger partial charge in [0.1, 0.15) is 0 Å². The number of para-hydroxylation sites is 1. The van der Waals surface area contributed by atoms with Crippen LogP contribution in [0.15, 0.2) is 29.1 Å². The lowest BCUT2D eigenvalue weighted by Crippen LogP contribution is -2.11. The van der Waals surface area contributed by atoms with Crippen molar-refractivity contribution < 1.29 is 0 Å². The van der Waals surface area contributed by atoms with Gasteiger partial charge in [-0.3, -0.25) is 4.79 Å².